The van der Waals surface area contributed by atoms with E-state index in [0.717, 1.165) is 29.7 Å². The van der Waals surface area contributed by atoms with E-state index in [2.05, 4.69) is 9.97 Å². The van der Waals surface area contributed by atoms with Gasteiger partial charge in [0, 0.05) is 12.0 Å². The van der Waals surface area contributed by atoms with Crippen molar-refractivity contribution in [1.82, 2.24) is 9.97 Å². The van der Waals surface area contributed by atoms with Crippen LogP contribution in [-0.2, 0) is 5.41 Å². The first-order chi connectivity index (χ1) is 8.25. The molecule has 0 radical (unpaired) electrons. The Bertz CT molecular complexity index is 541. The third-order valence-corrected chi connectivity index (χ3v) is 4.22. The predicted molar refractivity (Wildman–Crippen MR) is 70.3 cm³/mol. The van der Waals surface area contributed by atoms with Crippen molar-refractivity contribution in [3.8, 4) is 0 Å². The van der Waals surface area contributed by atoms with E-state index < -0.39 is 0 Å². The number of nitrogens with zero attached hydrogens (tertiary/aromatic N) is 1. The van der Waals surface area contributed by atoms with E-state index in [1.165, 1.54) is 12.8 Å². The van der Waals surface area contributed by atoms with E-state index >= 15 is 0 Å². The monoisotopic (exact) mass is 249 g/mol. The van der Waals surface area contributed by atoms with Crippen LogP contribution in [-0.4, -0.2) is 16.5 Å². The van der Waals surface area contributed by atoms with Gasteiger partial charge < -0.3 is 10.7 Å². The van der Waals surface area contributed by atoms with Gasteiger partial charge in [-0.25, -0.2) is 4.98 Å². The first kappa shape index (κ1) is 11.1. The number of aromatic nitrogens is 2. The summed E-state index contributed by atoms with van der Waals surface area (Å²) in [5, 5.41) is 0.704. The SMILES string of the molecule is NCC1(c2nc3c(Cl)cccc3[nH]2)CCCC1. The summed E-state index contributed by atoms with van der Waals surface area (Å²) < 4.78 is 0. The van der Waals surface area contributed by atoms with Gasteiger partial charge in [0.1, 0.15) is 11.3 Å². The van der Waals surface area contributed by atoms with Crippen molar-refractivity contribution in [3.63, 3.8) is 0 Å². The Morgan fingerprint density at radius 1 is 1.35 bits per heavy atom. The minimum Gasteiger partial charge on any atom is -0.341 e. The summed E-state index contributed by atoms with van der Waals surface area (Å²) >= 11 is 6.15. The number of nitrogens with one attached hydrogen (secondary N) is 1. The number of para-hydroxylation sites is 1. The molecule has 3 nitrogen and oxygen atoms in total. The number of hydrogen-bond acceptors (Lipinski definition) is 2. The molecule has 1 saturated carbocycles. The van der Waals surface area contributed by atoms with Crippen molar-refractivity contribution >= 4 is 22.6 Å². The second-order valence-electron chi connectivity index (χ2n) is 4.91. The fraction of sp³-hybridized carbons (Fsp3) is 0.462. The molecule has 3 rings (SSSR count). The summed E-state index contributed by atoms with van der Waals surface area (Å²) in [5.41, 5.74) is 7.88. The van der Waals surface area contributed by atoms with Crippen LogP contribution in [0.2, 0.25) is 5.02 Å². The molecule has 0 spiro atoms. The molecule has 1 fully saturated rings. The number of fused-ring (bicyclic) bond motifs is 1. The minimum absolute atomic E-state index is 0.0440. The van der Waals surface area contributed by atoms with Gasteiger partial charge in [0.15, 0.2) is 0 Å². The third kappa shape index (κ3) is 1.65. The highest BCUT2D eigenvalue weighted by atomic mass is 35.5. The highest BCUT2D eigenvalue weighted by molar-refractivity contribution is 6.34. The Morgan fingerprint density at radius 2 is 2.12 bits per heavy atom. The number of H-pyrrole nitrogens is 1. The molecular weight excluding hydrogens is 234 g/mol. The normalized spacial score (nSPS) is 18.9. The van der Waals surface area contributed by atoms with Gasteiger partial charge in [-0.2, -0.15) is 0 Å². The molecule has 1 heterocycles. The molecule has 0 saturated heterocycles. The van der Waals surface area contributed by atoms with Gasteiger partial charge in [-0.3, -0.25) is 0 Å². The fourth-order valence-corrected chi connectivity index (χ4v) is 3.05. The molecule has 17 heavy (non-hydrogen) atoms. The molecule has 1 aliphatic rings. The zero-order valence-corrected chi connectivity index (χ0v) is 10.4. The second-order valence-corrected chi connectivity index (χ2v) is 5.32. The van der Waals surface area contributed by atoms with Crippen LogP contribution in [0.3, 0.4) is 0 Å². The Balaban J connectivity index is 2.14. The van der Waals surface area contributed by atoms with E-state index in [0.29, 0.717) is 11.6 Å². The summed E-state index contributed by atoms with van der Waals surface area (Å²) in [7, 11) is 0. The van der Waals surface area contributed by atoms with Crippen LogP contribution in [0, 0.1) is 0 Å². The summed E-state index contributed by atoms with van der Waals surface area (Å²) in [4.78, 5) is 8.06. The van der Waals surface area contributed by atoms with Crippen LogP contribution < -0.4 is 5.73 Å². The zero-order valence-electron chi connectivity index (χ0n) is 9.67. The van der Waals surface area contributed by atoms with E-state index in [-0.39, 0.29) is 5.41 Å². The fourth-order valence-electron chi connectivity index (χ4n) is 2.84. The zero-order chi connectivity index (χ0) is 11.9. The molecule has 1 aromatic heterocycles. The number of nitrogens with two attached hydrogens (primary N) is 1. The number of imidazole rings is 1. The van der Waals surface area contributed by atoms with Crippen LogP contribution in [0.25, 0.3) is 11.0 Å². The lowest BCUT2D eigenvalue weighted by molar-refractivity contribution is 0.430. The first-order valence-corrected chi connectivity index (χ1v) is 6.48. The Hall–Kier alpha value is -1.06. The van der Waals surface area contributed by atoms with Crippen LogP contribution in [0.5, 0.6) is 0 Å². The van der Waals surface area contributed by atoms with E-state index in [1.807, 2.05) is 18.2 Å². The quantitative estimate of drug-likeness (QED) is 0.860. The highest BCUT2D eigenvalue weighted by Crippen LogP contribution is 2.39. The Kier molecular flexibility index (Phi) is 2.60. The van der Waals surface area contributed by atoms with Crippen molar-refractivity contribution in [2.45, 2.75) is 31.1 Å². The molecule has 0 aliphatic heterocycles. The predicted octanol–water partition coefficient (Wildman–Crippen LogP) is 2.99. The summed E-state index contributed by atoms with van der Waals surface area (Å²) in [6, 6.07) is 5.82. The van der Waals surface area contributed by atoms with Crippen molar-refractivity contribution in [1.29, 1.82) is 0 Å². The maximum Gasteiger partial charge on any atom is 0.114 e. The van der Waals surface area contributed by atoms with Gasteiger partial charge in [0.05, 0.1) is 10.5 Å². The lowest BCUT2D eigenvalue weighted by Gasteiger charge is -2.24. The Labute approximate surface area is 105 Å². The molecular formula is C13H16ClN3. The van der Waals surface area contributed by atoms with Gasteiger partial charge in [-0.1, -0.05) is 30.5 Å². The third-order valence-electron chi connectivity index (χ3n) is 3.92. The van der Waals surface area contributed by atoms with Crippen molar-refractivity contribution in [2.24, 2.45) is 5.73 Å². The van der Waals surface area contributed by atoms with Crippen molar-refractivity contribution in [2.75, 3.05) is 6.54 Å². The Morgan fingerprint density at radius 3 is 2.76 bits per heavy atom. The highest BCUT2D eigenvalue weighted by Gasteiger charge is 2.37. The average Bonchev–Trinajstić information content (AvgIpc) is 2.96. The van der Waals surface area contributed by atoms with Crippen LogP contribution in [0.15, 0.2) is 18.2 Å². The number of rotatable bonds is 2. The van der Waals surface area contributed by atoms with Crippen LogP contribution in [0.1, 0.15) is 31.5 Å². The van der Waals surface area contributed by atoms with Crippen LogP contribution in [0.4, 0.5) is 0 Å². The average molecular weight is 250 g/mol. The number of hydrogen-bond donors (Lipinski definition) is 2. The van der Waals surface area contributed by atoms with Crippen molar-refractivity contribution < 1.29 is 0 Å². The van der Waals surface area contributed by atoms with Gasteiger partial charge in [0.2, 0.25) is 0 Å². The molecule has 0 bridgehead atoms. The molecule has 3 N–H and O–H groups in total. The largest absolute Gasteiger partial charge is 0.341 e. The lowest BCUT2D eigenvalue weighted by Crippen LogP contribution is -2.33. The first-order valence-electron chi connectivity index (χ1n) is 6.10. The molecule has 0 amide bonds. The van der Waals surface area contributed by atoms with Gasteiger partial charge in [-0.05, 0) is 25.0 Å². The number of aromatic amines is 1. The molecule has 0 unspecified atom stereocenters. The maximum atomic E-state index is 6.15. The van der Waals surface area contributed by atoms with E-state index in [4.69, 9.17) is 17.3 Å². The molecule has 2 aromatic rings. The van der Waals surface area contributed by atoms with Gasteiger partial charge in [-0.15, -0.1) is 0 Å². The number of halogens is 1. The second kappa shape index (κ2) is 4.00. The van der Waals surface area contributed by atoms with Crippen LogP contribution >= 0.6 is 11.6 Å². The lowest BCUT2D eigenvalue weighted by atomic mass is 9.85. The summed E-state index contributed by atoms with van der Waals surface area (Å²) in [6.07, 6.45) is 4.73. The van der Waals surface area contributed by atoms with Gasteiger partial charge in [0.25, 0.3) is 0 Å². The summed E-state index contributed by atoms with van der Waals surface area (Å²) in [5.74, 6) is 1.01. The maximum absolute atomic E-state index is 6.15. The number of benzene rings is 1. The minimum atomic E-state index is 0.0440. The summed E-state index contributed by atoms with van der Waals surface area (Å²) in [6.45, 7) is 0.657. The van der Waals surface area contributed by atoms with E-state index in [9.17, 15) is 0 Å². The smallest absolute Gasteiger partial charge is 0.114 e. The molecule has 90 valence electrons. The molecule has 4 heteroatoms. The van der Waals surface area contributed by atoms with E-state index in [1.54, 1.807) is 0 Å². The molecule has 1 aromatic carbocycles. The standard InChI is InChI=1S/C13H16ClN3/c14-9-4-3-5-10-11(9)17-12(16-10)13(8-15)6-1-2-7-13/h3-5H,1-2,6-8,15H2,(H,16,17). The molecule has 1 aliphatic carbocycles. The topological polar surface area (TPSA) is 54.7 Å². The van der Waals surface area contributed by atoms with Gasteiger partial charge >= 0.3 is 0 Å². The molecule has 0 atom stereocenters. The van der Waals surface area contributed by atoms with Crippen molar-refractivity contribution in [3.05, 3.63) is 29.0 Å².